The summed E-state index contributed by atoms with van der Waals surface area (Å²) in [5.41, 5.74) is 0.437. The van der Waals surface area contributed by atoms with Crippen LogP contribution in [0, 0.1) is 11.3 Å². The van der Waals surface area contributed by atoms with Crippen molar-refractivity contribution in [3.8, 4) is 11.8 Å². The van der Waals surface area contributed by atoms with E-state index in [1.165, 1.54) is 0 Å². The number of nitrogens with zero attached hydrogens (tertiary/aromatic N) is 1. The lowest BCUT2D eigenvalue weighted by Crippen LogP contribution is -2.18. The van der Waals surface area contributed by atoms with Crippen molar-refractivity contribution >= 4 is 11.6 Å². The van der Waals surface area contributed by atoms with Crippen LogP contribution >= 0.6 is 11.6 Å². The van der Waals surface area contributed by atoms with Gasteiger partial charge in [-0.25, -0.2) is 0 Å². The van der Waals surface area contributed by atoms with E-state index in [-0.39, 0.29) is 0 Å². The first kappa shape index (κ1) is 10.3. The van der Waals surface area contributed by atoms with Gasteiger partial charge >= 0.3 is 0 Å². The molecule has 1 aromatic carbocycles. The lowest BCUT2D eigenvalue weighted by molar-refractivity contribution is 0.315. The van der Waals surface area contributed by atoms with Gasteiger partial charge in [-0.3, -0.25) is 0 Å². The van der Waals surface area contributed by atoms with Gasteiger partial charge in [0.25, 0.3) is 0 Å². The fourth-order valence-corrected chi connectivity index (χ4v) is 2.17. The van der Waals surface area contributed by atoms with Gasteiger partial charge in [-0.2, -0.15) is 5.26 Å². The Morgan fingerprint density at radius 2 is 2.33 bits per heavy atom. The number of rotatable bonds is 0. The van der Waals surface area contributed by atoms with E-state index < -0.39 is 5.41 Å². The molecule has 0 N–H and O–H groups in total. The van der Waals surface area contributed by atoms with E-state index in [0.717, 1.165) is 18.4 Å². The predicted octanol–water partition coefficient (Wildman–Crippen LogP) is 3.29. The average molecular weight is 222 g/mol. The van der Waals surface area contributed by atoms with Crippen LogP contribution in [0.2, 0.25) is 5.02 Å². The van der Waals surface area contributed by atoms with Crippen LogP contribution < -0.4 is 4.74 Å². The standard InChI is InChI=1S/C12H12ClNO/c1-12(8-14)6-3-7-15-11-9(12)4-2-5-10(11)13/h2,4-5H,3,6-7H2,1H3. The van der Waals surface area contributed by atoms with Gasteiger partial charge in [0.15, 0.2) is 0 Å². The molecule has 1 aliphatic rings. The second-order valence-electron chi connectivity index (χ2n) is 4.01. The molecule has 0 spiro atoms. The molecule has 1 unspecified atom stereocenters. The van der Waals surface area contributed by atoms with Crippen molar-refractivity contribution in [3.05, 3.63) is 28.8 Å². The molecule has 0 saturated heterocycles. The van der Waals surface area contributed by atoms with Gasteiger partial charge in [0.1, 0.15) is 5.75 Å². The second kappa shape index (κ2) is 3.75. The number of para-hydroxylation sites is 1. The molecule has 0 aliphatic carbocycles. The highest BCUT2D eigenvalue weighted by Gasteiger charge is 2.32. The van der Waals surface area contributed by atoms with Crippen molar-refractivity contribution in [1.29, 1.82) is 5.26 Å². The van der Waals surface area contributed by atoms with Gasteiger partial charge in [-0.15, -0.1) is 0 Å². The Morgan fingerprint density at radius 3 is 3.07 bits per heavy atom. The lowest BCUT2D eigenvalue weighted by atomic mass is 9.80. The number of ether oxygens (including phenoxy) is 1. The third-order valence-corrected chi connectivity index (χ3v) is 3.17. The maximum Gasteiger partial charge on any atom is 0.142 e. The molecule has 1 atom stereocenters. The van der Waals surface area contributed by atoms with Crippen LogP contribution in [0.1, 0.15) is 25.3 Å². The zero-order valence-corrected chi connectivity index (χ0v) is 9.34. The topological polar surface area (TPSA) is 33.0 Å². The Bertz CT molecular complexity index is 424. The quantitative estimate of drug-likeness (QED) is 0.674. The van der Waals surface area contributed by atoms with Crippen LogP contribution in [-0.2, 0) is 5.41 Å². The summed E-state index contributed by atoms with van der Waals surface area (Å²) in [6.45, 7) is 2.57. The van der Waals surface area contributed by atoms with Crippen molar-refractivity contribution < 1.29 is 4.74 Å². The minimum Gasteiger partial charge on any atom is -0.492 e. The first-order valence-corrected chi connectivity index (χ1v) is 5.38. The lowest BCUT2D eigenvalue weighted by Gasteiger charge is -2.21. The second-order valence-corrected chi connectivity index (χ2v) is 4.42. The summed E-state index contributed by atoms with van der Waals surface area (Å²) in [7, 11) is 0. The van der Waals surface area contributed by atoms with Gasteiger partial charge in [0.05, 0.1) is 23.1 Å². The maximum absolute atomic E-state index is 9.26. The highest BCUT2D eigenvalue weighted by atomic mass is 35.5. The van der Waals surface area contributed by atoms with Crippen molar-refractivity contribution in [2.24, 2.45) is 0 Å². The third kappa shape index (κ3) is 1.68. The summed E-state index contributed by atoms with van der Waals surface area (Å²) in [5.74, 6) is 0.681. The molecular weight excluding hydrogens is 210 g/mol. The fraction of sp³-hybridized carbons (Fsp3) is 0.417. The summed E-state index contributed by atoms with van der Waals surface area (Å²) in [5, 5.41) is 9.86. The van der Waals surface area contributed by atoms with E-state index in [0.29, 0.717) is 17.4 Å². The normalized spacial score (nSPS) is 24.6. The van der Waals surface area contributed by atoms with Gasteiger partial charge in [0.2, 0.25) is 0 Å². The summed E-state index contributed by atoms with van der Waals surface area (Å²) in [6, 6.07) is 7.95. The van der Waals surface area contributed by atoms with Crippen LogP contribution in [0.15, 0.2) is 18.2 Å². The molecule has 0 amide bonds. The van der Waals surface area contributed by atoms with Gasteiger partial charge < -0.3 is 4.74 Å². The Hall–Kier alpha value is -1.20. The van der Waals surface area contributed by atoms with Gasteiger partial charge in [-0.1, -0.05) is 23.7 Å². The Kier molecular flexibility index (Phi) is 2.58. The molecule has 2 rings (SSSR count). The Labute approximate surface area is 94.4 Å². The monoisotopic (exact) mass is 221 g/mol. The zero-order valence-electron chi connectivity index (χ0n) is 8.59. The minimum atomic E-state index is -0.475. The molecule has 0 radical (unpaired) electrons. The molecule has 1 heterocycles. The zero-order chi connectivity index (χ0) is 10.9. The smallest absolute Gasteiger partial charge is 0.142 e. The molecule has 1 aromatic rings. The molecule has 0 aromatic heterocycles. The van der Waals surface area contributed by atoms with E-state index in [1.807, 2.05) is 19.1 Å². The van der Waals surface area contributed by atoms with Gasteiger partial charge in [0, 0.05) is 5.56 Å². The number of halogens is 1. The number of fused-ring (bicyclic) bond motifs is 1. The van der Waals surface area contributed by atoms with E-state index in [1.54, 1.807) is 6.07 Å². The molecule has 0 fully saturated rings. The van der Waals surface area contributed by atoms with Crippen LogP contribution in [0.25, 0.3) is 0 Å². The molecule has 15 heavy (non-hydrogen) atoms. The summed E-state index contributed by atoms with van der Waals surface area (Å²) >= 11 is 6.06. The van der Waals surface area contributed by atoms with Gasteiger partial charge in [-0.05, 0) is 25.8 Å². The highest BCUT2D eigenvalue weighted by molar-refractivity contribution is 6.32. The van der Waals surface area contributed by atoms with Crippen molar-refractivity contribution in [1.82, 2.24) is 0 Å². The van der Waals surface area contributed by atoms with E-state index in [9.17, 15) is 5.26 Å². The van der Waals surface area contributed by atoms with E-state index in [2.05, 4.69) is 6.07 Å². The van der Waals surface area contributed by atoms with Crippen LogP contribution in [-0.4, -0.2) is 6.61 Å². The van der Waals surface area contributed by atoms with Crippen LogP contribution in [0.5, 0.6) is 5.75 Å². The Balaban J connectivity index is 2.61. The SMILES string of the molecule is CC1(C#N)CCCOc2c(Cl)cccc21. The fourth-order valence-electron chi connectivity index (χ4n) is 1.94. The predicted molar refractivity (Wildman–Crippen MR) is 59.1 cm³/mol. The molecule has 2 nitrogen and oxygen atoms in total. The van der Waals surface area contributed by atoms with Crippen molar-refractivity contribution in [2.75, 3.05) is 6.61 Å². The summed E-state index contributed by atoms with van der Waals surface area (Å²) in [6.07, 6.45) is 1.70. The molecule has 3 heteroatoms. The Morgan fingerprint density at radius 1 is 1.53 bits per heavy atom. The summed E-state index contributed by atoms with van der Waals surface area (Å²) < 4.78 is 5.59. The molecule has 0 saturated carbocycles. The largest absolute Gasteiger partial charge is 0.492 e. The average Bonchev–Trinajstić information content (AvgIpc) is 2.41. The summed E-state index contributed by atoms with van der Waals surface area (Å²) in [4.78, 5) is 0. The minimum absolute atomic E-state index is 0.475. The first-order valence-electron chi connectivity index (χ1n) is 5.00. The van der Waals surface area contributed by atoms with E-state index >= 15 is 0 Å². The highest BCUT2D eigenvalue weighted by Crippen LogP contribution is 2.41. The molecule has 1 aliphatic heterocycles. The molecular formula is C12H12ClNO. The first-order chi connectivity index (χ1) is 7.17. The molecule has 0 bridgehead atoms. The van der Waals surface area contributed by atoms with E-state index in [4.69, 9.17) is 16.3 Å². The van der Waals surface area contributed by atoms with Crippen molar-refractivity contribution in [2.45, 2.75) is 25.2 Å². The maximum atomic E-state index is 9.26. The third-order valence-electron chi connectivity index (χ3n) is 2.88. The number of benzene rings is 1. The number of hydrogen-bond donors (Lipinski definition) is 0. The molecule has 78 valence electrons. The van der Waals surface area contributed by atoms with Crippen molar-refractivity contribution in [3.63, 3.8) is 0 Å². The van der Waals surface area contributed by atoms with Crippen LogP contribution in [0.4, 0.5) is 0 Å². The number of hydrogen-bond acceptors (Lipinski definition) is 2. The number of nitriles is 1. The van der Waals surface area contributed by atoms with Crippen LogP contribution in [0.3, 0.4) is 0 Å².